The van der Waals surface area contributed by atoms with Gasteiger partial charge in [0.1, 0.15) is 0 Å². The predicted molar refractivity (Wildman–Crippen MR) is 97.8 cm³/mol. The average Bonchev–Trinajstić information content (AvgIpc) is 2.65. The number of nitrogens with one attached hydrogen (secondary N) is 2. The fourth-order valence-corrected chi connectivity index (χ4v) is 3.89. The van der Waals surface area contributed by atoms with Crippen LogP contribution in [0.2, 0.25) is 0 Å². The molecule has 0 aliphatic carbocycles. The molecule has 4 heteroatoms. The Bertz CT molecular complexity index is 505. The van der Waals surface area contributed by atoms with Crippen molar-refractivity contribution in [1.82, 2.24) is 15.5 Å². The molecule has 24 heavy (non-hydrogen) atoms. The first-order valence-corrected chi connectivity index (χ1v) is 9.51. The van der Waals surface area contributed by atoms with Crippen molar-refractivity contribution in [2.75, 3.05) is 32.7 Å². The van der Waals surface area contributed by atoms with Crippen molar-refractivity contribution in [3.05, 3.63) is 35.9 Å². The van der Waals surface area contributed by atoms with E-state index in [-0.39, 0.29) is 11.8 Å². The van der Waals surface area contributed by atoms with Crippen molar-refractivity contribution < 1.29 is 4.79 Å². The number of carbonyl (C=O) groups is 1. The summed E-state index contributed by atoms with van der Waals surface area (Å²) in [7, 11) is 0. The molecule has 2 saturated heterocycles. The minimum Gasteiger partial charge on any atom is -0.354 e. The number of carbonyl (C=O) groups excluding carboxylic acids is 1. The standard InChI is InChI=1S/C20H31N3O/c1-16-9-12-23(13-10-16)19(17-6-3-2-4-7-17)15-22-20(24)18-8-5-11-21-14-18/h2-4,6-7,16,18-19,21H,5,8-15H2,1H3,(H,22,24). The van der Waals surface area contributed by atoms with Crippen LogP contribution in [0.5, 0.6) is 0 Å². The number of rotatable bonds is 5. The highest BCUT2D eigenvalue weighted by molar-refractivity contribution is 5.79. The van der Waals surface area contributed by atoms with Gasteiger partial charge >= 0.3 is 0 Å². The summed E-state index contributed by atoms with van der Waals surface area (Å²) in [5.41, 5.74) is 1.31. The van der Waals surface area contributed by atoms with E-state index >= 15 is 0 Å². The number of amides is 1. The van der Waals surface area contributed by atoms with Gasteiger partial charge in [0.15, 0.2) is 0 Å². The van der Waals surface area contributed by atoms with E-state index in [2.05, 4.69) is 52.8 Å². The summed E-state index contributed by atoms with van der Waals surface area (Å²) >= 11 is 0. The van der Waals surface area contributed by atoms with E-state index < -0.39 is 0 Å². The van der Waals surface area contributed by atoms with E-state index in [1.165, 1.54) is 18.4 Å². The van der Waals surface area contributed by atoms with Gasteiger partial charge in [-0.3, -0.25) is 9.69 Å². The zero-order valence-electron chi connectivity index (χ0n) is 14.8. The first-order valence-electron chi connectivity index (χ1n) is 9.51. The van der Waals surface area contributed by atoms with Crippen LogP contribution in [0.15, 0.2) is 30.3 Å². The molecular weight excluding hydrogens is 298 g/mol. The fourth-order valence-electron chi connectivity index (χ4n) is 3.89. The minimum atomic E-state index is 0.136. The summed E-state index contributed by atoms with van der Waals surface area (Å²) in [6.45, 7) is 7.18. The Morgan fingerprint density at radius 1 is 1.25 bits per heavy atom. The summed E-state index contributed by atoms with van der Waals surface area (Å²) in [5.74, 6) is 1.17. The molecule has 2 N–H and O–H groups in total. The lowest BCUT2D eigenvalue weighted by atomic mass is 9.95. The maximum atomic E-state index is 12.5. The molecular formula is C20H31N3O. The maximum Gasteiger partial charge on any atom is 0.224 e. The van der Waals surface area contributed by atoms with E-state index in [1.807, 2.05) is 0 Å². The topological polar surface area (TPSA) is 44.4 Å². The molecule has 3 rings (SSSR count). The van der Waals surface area contributed by atoms with Crippen LogP contribution in [0.4, 0.5) is 0 Å². The van der Waals surface area contributed by atoms with Gasteiger partial charge in [-0.1, -0.05) is 37.3 Å². The monoisotopic (exact) mass is 329 g/mol. The normalized spacial score (nSPS) is 24.5. The predicted octanol–water partition coefficient (Wildman–Crippen LogP) is 2.58. The zero-order valence-corrected chi connectivity index (χ0v) is 14.8. The van der Waals surface area contributed by atoms with Gasteiger partial charge in [-0.15, -0.1) is 0 Å². The van der Waals surface area contributed by atoms with Crippen molar-refractivity contribution >= 4 is 5.91 Å². The van der Waals surface area contributed by atoms with Crippen molar-refractivity contribution in [3.8, 4) is 0 Å². The summed E-state index contributed by atoms with van der Waals surface area (Å²) < 4.78 is 0. The molecule has 4 nitrogen and oxygen atoms in total. The van der Waals surface area contributed by atoms with E-state index in [9.17, 15) is 4.79 Å². The molecule has 0 aromatic heterocycles. The van der Waals surface area contributed by atoms with Crippen LogP contribution in [0.25, 0.3) is 0 Å². The number of piperidine rings is 2. The van der Waals surface area contributed by atoms with Crippen molar-refractivity contribution in [2.24, 2.45) is 11.8 Å². The Morgan fingerprint density at radius 2 is 2.00 bits per heavy atom. The maximum absolute atomic E-state index is 12.5. The third-order valence-corrected chi connectivity index (χ3v) is 5.58. The van der Waals surface area contributed by atoms with Gasteiger partial charge in [-0.05, 0) is 56.8 Å². The molecule has 1 amide bonds. The molecule has 2 heterocycles. The first kappa shape index (κ1) is 17.4. The molecule has 2 atom stereocenters. The summed E-state index contributed by atoms with van der Waals surface area (Å²) in [5, 5.41) is 6.57. The smallest absolute Gasteiger partial charge is 0.224 e. The number of benzene rings is 1. The average molecular weight is 329 g/mol. The SMILES string of the molecule is CC1CCN(C(CNC(=O)C2CCCNC2)c2ccccc2)CC1. The molecule has 0 spiro atoms. The Labute approximate surface area is 146 Å². The molecule has 2 unspecified atom stereocenters. The Kier molecular flexibility index (Phi) is 6.27. The first-order chi connectivity index (χ1) is 11.7. The highest BCUT2D eigenvalue weighted by atomic mass is 16.1. The van der Waals surface area contributed by atoms with Gasteiger partial charge in [0.2, 0.25) is 5.91 Å². The summed E-state index contributed by atoms with van der Waals surface area (Å²) in [6.07, 6.45) is 4.62. The number of hydrogen-bond acceptors (Lipinski definition) is 3. The quantitative estimate of drug-likeness (QED) is 0.873. The number of nitrogens with zero attached hydrogens (tertiary/aromatic N) is 1. The Balaban J connectivity index is 1.62. The minimum absolute atomic E-state index is 0.136. The van der Waals surface area contributed by atoms with Gasteiger partial charge < -0.3 is 10.6 Å². The molecule has 2 fully saturated rings. The molecule has 1 aromatic carbocycles. The lowest BCUT2D eigenvalue weighted by Crippen LogP contribution is -2.45. The Hall–Kier alpha value is -1.39. The largest absolute Gasteiger partial charge is 0.354 e. The van der Waals surface area contributed by atoms with Gasteiger partial charge in [0.05, 0.1) is 12.0 Å². The van der Waals surface area contributed by atoms with Gasteiger partial charge in [0, 0.05) is 13.1 Å². The Morgan fingerprint density at radius 3 is 2.67 bits per heavy atom. The molecule has 0 saturated carbocycles. The van der Waals surface area contributed by atoms with Crippen LogP contribution < -0.4 is 10.6 Å². The molecule has 132 valence electrons. The van der Waals surface area contributed by atoms with Crippen molar-refractivity contribution in [2.45, 2.75) is 38.6 Å². The molecule has 2 aliphatic heterocycles. The van der Waals surface area contributed by atoms with E-state index in [4.69, 9.17) is 0 Å². The van der Waals surface area contributed by atoms with Crippen LogP contribution in [0.1, 0.15) is 44.2 Å². The zero-order chi connectivity index (χ0) is 16.8. The van der Waals surface area contributed by atoms with Crippen LogP contribution in [0.3, 0.4) is 0 Å². The summed E-state index contributed by atoms with van der Waals surface area (Å²) in [4.78, 5) is 15.0. The summed E-state index contributed by atoms with van der Waals surface area (Å²) in [6, 6.07) is 10.9. The number of hydrogen-bond donors (Lipinski definition) is 2. The van der Waals surface area contributed by atoms with E-state index in [1.54, 1.807) is 0 Å². The third kappa shape index (κ3) is 4.58. The lowest BCUT2D eigenvalue weighted by molar-refractivity contribution is -0.125. The third-order valence-electron chi connectivity index (χ3n) is 5.58. The molecule has 2 aliphatic rings. The highest BCUT2D eigenvalue weighted by Gasteiger charge is 2.26. The van der Waals surface area contributed by atoms with Gasteiger partial charge in [-0.25, -0.2) is 0 Å². The van der Waals surface area contributed by atoms with Crippen LogP contribution in [0, 0.1) is 11.8 Å². The van der Waals surface area contributed by atoms with Gasteiger partial charge in [-0.2, -0.15) is 0 Å². The number of likely N-dealkylation sites (tertiary alicyclic amines) is 1. The molecule has 0 radical (unpaired) electrons. The second-order valence-corrected chi connectivity index (χ2v) is 7.43. The van der Waals surface area contributed by atoms with Gasteiger partial charge in [0.25, 0.3) is 0 Å². The van der Waals surface area contributed by atoms with Crippen molar-refractivity contribution in [1.29, 1.82) is 0 Å². The van der Waals surface area contributed by atoms with E-state index in [0.717, 1.165) is 44.9 Å². The van der Waals surface area contributed by atoms with Crippen LogP contribution in [-0.4, -0.2) is 43.5 Å². The second kappa shape index (κ2) is 8.63. The van der Waals surface area contributed by atoms with Crippen LogP contribution >= 0.6 is 0 Å². The van der Waals surface area contributed by atoms with Crippen LogP contribution in [-0.2, 0) is 4.79 Å². The highest BCUT2D eigenvalue weighted by Crippen LogP contribution is 2.26. The lowest BCUT2D eigenvalue weighted by Gasteiger charge is -2.37. The van der Waals surface area contributed by atoms with E-state index in [0.29, 0.717) is 12.6 Å². The molecule has 0 bridgehead atoms. The molecule has 1 aromatic rings. The second-order valence-electron chi connectivity index (χ2n) is 7.43. The van der Waals surface area contributed by atoms with Crippen molar-refractivity contribution in [3.63, 3.8) is 0 Å². The fraction of sp³-hybridized carbons (Fsp3) is 0.650.